The average Bonchev–Trinajstić information content (AvgIpc) is 1.94. The fourth-order valence-electron chi connectivity index (χ4n) is 1.43. The molecule has 1 fully saturated rings. The van der Waals surface area contributed by atoms with Crippen LogP contribution in [-0.2, 0) is 0 Å². The molecule has 0 aliphatic carbocycles. The summed E-state index contributed by atoms with van der Waals surface area (Å²) < 4.78 is 0. The van der Waals surface area contributed by atoms with Gasteiger partial charge >= 0.3 is 0 Å². The van der Waals surface area contributed by atoms with Gasteiger partial charge in [-0.1, -0.05) is 6.08 Å². The van der Waals surface area contributed by atoms with Crippen LogP contribution in [0.1, 0.15) is 19.8 Å². The molecule has 0 unspecified atom stereocenters. The first-order valence-electron chi connectivity index (χ1n) is 4.26. The summed E-state index contributed by atoms with van der Waals surface area (Å²) in [6, 6.07) is 0. The SMILES string of the molecule is C=CCN1CCC(C)(N)CC1. The summed E-state index contributed by atoms with van der Waals surface area (Å²) in [6.07, 6.45) is 4.18. The number of nitrogens with two attached hydrogens (primary N) is 1. The molecule has 2 heteroatoms. The molecule has 2 N–H and O–H groups in total. The van der Waals surface area contributed by atoms with Gasteiger partial charge in [-0.15, -0.1) is 6.58 Å². The van der Waals surface area contributed by atoms with Gasteiger partial charge in [0.25, 0.3) is 0 Å². The molecule has 0 bridgehead atoms. The first-order chi connectivity index (χ1) is 5.14. The second kappa shape index (κ2) is 3.37. The summed E-state index contributed by atoms with van der Waals surface area (Å²) in [5, 5.41) is 0. The van der Waals surface area contributed by atoms with E-state index in [1.807, 2.05) is 6.08 Å². The second-order valence-electron chi connectivity index (χ2n) is 3.74. The van der Waals surface area contributed by atoms with Crippen LogP contribution in [0.25, 0.3) is 0 Å². The summed E-state index contributed by atoms with van der Waals surface area (Å²) in [6.45, 7) is 9.11. The van der Waals surface area contributed by atoms with E-state index in [0.29, 0.717) is 0 Å². The summed E-state index contributed by atoms with van der Waals surface area (Å²) in [4.78, 5) is 2.39. The van der Waals surface area contributed by atoms with E-state index in [4.69, 9.17) is 5.73 Å². The maximum Gasteiger partial charge on any atom is 0.0160 e. The Morgan fingerprint density at radius 3 is 2.55 bits per heavy atom. The number of hydrogen-bond acceptors (Lipinski definition) is 2. The van der Waals surface area contributed by atoms with Gasteiger partial charge in [-0.3, -0.25) is 4.90 Å². The lowest BCUT2D eigenvalue weighted by Crippen LogP contribution is -2.48. The van der Waals surface area contributed by atoms with Crippen molar-refractivity contribution in [2.75, 3.05) is 19.6 Å². The quantitative estimate of drug-likeness (QED) is 0.601. The van der Waals surface area contributed by atoms with E-state index in [0.717, 1.165) is 32.5 Å². The van der Waals surface area contributed by atoms with E-state index in [2.05, 4.69) is 18.4 Å². The van der Waals surface area contributed by atoms with Crippen molar-refractivity contribution < 1.29 is 0 Å². The van der Waals surface area contributed by atoms with Gasteiger partial charge in [-0.25, -0.2) is 0 Å². The molecule has 0 spiro atoms. The van der Waals surface area contributed by atoms with Crippen LogP contribution in [0.15, 0.2) is 12.7 Å². The monoisotopic (exact) mass is 154 g/mol. The molecule has 64 valence electrons. The van der Waals surface area contributed by atoms with E-state index in [1.54, 1.807) is 0 Å². The fraction of sp³-hybridized carbons (Fsp3) is 0.778. The Balaban J connectivity index is 2.30. The van der Waals surface area contributed by atoms with E-state index < -0.39 is 0 Å². The van der Waals surface area contributed by atoms with Gasteiger partial charge < -0.3 is 5.73 Å². The summed E-state index contributed by atoms with van der Waals surface area (Å²) >= 11 is 0. The lowest BCUT2D eigenvalue weighted by atomic mass is 9.91. The van der Waals surface area contributed by atoms with Gasteiger partial charge in [0.15, 0.2) is 0 Å². The highest BCUT2D eigenvalue weighted by Crippen LogP contribution is 2.17. The highest BCUT2D eigenvalue weighted by Gasteiger charge is 2.24. The normalized spacial score (nSPS) is 24.9. The zero-order valence-corrected chi connectivity index (χ0v) is 7.34. The van der Waals surface area contributed by atoms with Crippen LogP contribution in [0.2, 0.25) is 0 Å². The Hall–Kier alpha value is -0.340. The van der Waals surface area contributed by atoms with Crippen molar-refractivity contribution in [2.24, 2.45) is 5.73 Å². The lowest BCUT2D eigenvalue weighted by Gasteiger charge is -2.36. The Kier molecular flexibility index (Phi) is 2.68. The van der Waals surface area contributed by atoms with Crippen molar-refractivity contribution in [2.45, 2.75) is 25.3 Å². The van der Waals surface area contributed by atoms with Crippen molar-refractivity contribution in [3.05, 3.63) is 12.7 Å². The van der Waals surface area contributed by atoms with Gasteiger partial charge in [0.2, 0.25) is 0 Å². The predicted molar refractivity (Wildman–Crippen MR) is 48.5 cm³/mol. The first kappa shape index (κ1) is 8.75. The summed E-state index contributed by atoms with van der Waals surface area (Å²) in [5.41, 5.74) is 6.06. The van der Waals surface area contributed by atoms with Crippen LogP contribution in [0.4, 0.5) is 0 Å². The topological polar surface area (TPSA) is 29.3 Å². The minimum absolute atomic E-state index is 0.0810. The van der Waals surface area contributed by atoms with Gasteiger partial charge in [-0.2, -0.15) is 0 Å². The summed E-state index contributed by atoms with van der Waals surface area (Å²) in [7, 11) is 0. The molecule has 1 aliphatic heterocycles. The van der Waals surface area contributed by atoms with Crippen molar-refractivity contribution >= 4 is 0 Å². The van der Waals surface area contributed by atoms with Gasteiger partial charge in [0.1, 0.15) is 0 Å². The van der Waals surface area contributed by atoms with Crippen molar-refractivity contribution in [1.82, 2.24) is 4.90 Å². The van der Waals surface area contributed by atoms with Gasteiger partial charge in [0.05, 0.1) is 0 Å². The van der Waals surface area contributed by atoms with Crippen molar-refractivity contribution in [3.8, 4) is 0 Å². The predicted octanol–water partition coefficient (Wildman–Crippen LogP) is 0.986. The number of nitrogens with zero attached hydrogens (tertiary/aromatic N) is 1. The van der Waals surface area contributed by atoms with Gasteiger partial charge in [0, 0.05) is 25.2 Å². The van der Waals surface area contributed by atoms with Crippen LogP contribution >= 0.6 is 0 Å². The molecule has 1 rings (SSSR count). The van der Waals surface area contributed by atoms with Gasteiger partial charge in [-0.05, 0) is 19.8 Å². The molecule has 0 amide bonds. The molecule has 0 atom stereocenters. The van der Waals surface area contributed by atoms with Crippen LogP contribution in [-0.4, -0.2) is 30.1 Å². The zero-order chi connectivity index (χ0) is 8.32. The third-order valence-electron chi connectivity index (χ3n) is 2.39. The van der Waals surface area contributed by atoms with Crippen LogP contribution < -0.4 is 5.73 Å². The largest absolute Gasteiger partial charge is 0.325 e. The standard InChI is InChI=1S/C9H18N2/c1-3-6-11-7-4-9(2,10)5-8-11/h3H,1,4-8,10H2,2H3. The molecule has 0 radical (unpaired) electrons. The molecule has 0 aromatic rings. The van der Waals surface area contributed by atoms with Crippen LogP contribution in [0.5, 0.6) is 0 Å². The molecule has 1 heterocycles. The third kappa shape index (κ3) is 2.64. The lowest BCUT2D eigenvalue weighted by molar-refractivity contribution is 0.186. The minimum atomic E-state index is 0.0810. The highest BCUT2D eigenvalue weighted by molar-refractivity contribution is 4.87. The van der Waals surface area contributed by atoms with E-state index >= 15 is 0 Å². The molecule has 11 heavy (non-hydrogen) atoms. The maximum absolute atomic E-state index is 5.98. The van der Waals surface area contributed by atoms with Crippen molar-refractivity contribution in [3.63, 3.8) is 0 Å². The summed E-state index contributed by atoms with van der Waals surface area (Å²) in [5.74, 6) is 0. The Morgan fingerprint density at radius 1 is 1.55 bits per heavy atom. The fourth-order valence-corrected chi connectivity index (χ4v) is 1.43. The minimum Gasteiger partial charge on any atom is -0.325 e. The smallest absolute Gasteiger partial charge is 0.0160 e. The van der Waals surface area contributed by atoms with E-state index in [1.165, 1.54) is 0 Å². The first-order valence-corrected chi connectivity index (χ1v) is 4.26. The Labute approximate surface area is 69.1 Å². The number of piperidine rings is 1. The molecule has 1 saturated heterocycles. The van der Waals surface area contributed by atoms with Crippen molar-refractivity contribution in [1.29, 1.82) is 0 Å². The number of likely N-dealkylation sites (tertiary alicyclic amines) is 1. The maximum atomic E-state index is 5.98. The third-order valence-corrected chi connectivity index (χ3v) is 2.39. The van der Waals surface area contributed by atoms with Crippen LogP contribution in [0, 0.1) is 0 Å². The number of rotatable bonds is 2. The molecule has 1 aliphatic rings. The molecular formula is C9H18N2. The van der Waals surface area contributed by atoms with E-state index in [9.17, 15) is 0 Å². The molecule has 2 nitrogen and oxygen atoms in total. The zero-order valence-electron chi connectivity index (χ0n) is 7.34. The Bertz CT molecular complexity index is 130. The van der Waals surface area contributed by atoms with E-state index in [-0.39, 0.29) is 5.54 Å². The molecule has 0 saturated carbocycles. The molecule has 0 aromatic heterocycles. The average molecular weight is 154 g/mol. The molecule has 0 aromatic carbocycles. The number of hydrogen-bond donors (Lipinski definition) is 1. The van der Waals surface area contributed by atoms with Crippen LogP contribution in [0.3, 0.4) is 0 Å². The highest BCUT2D eigenvalue weighted by atomic mass is 15.1. The Morgan fingerprint density at radius 2 is 2.09 bits per heavy atom. The molecular weight excluding hydrogens is 136 g/mol. The second-order valence-corrected chi connectivity index (χ2v) is 3.74.